The molecule has 2 aliphatic heterocycles. The summed E-state index contributed by atoms with van der Waals surface area (Å²) in [4.78, 5) is 2.70. The molecule has 1 aromatic rings. The van der Waals surface area contributed by atoms with Crippen molar-refractivity contribution in [2.24, 2.45) is 5.92 Å². The van der Waals surface area contributed by atoms with E-state index in [2.05, 4.69) is 41.5 Å². The normalized spacial score (nSPS) is 22.2. The van der Waals surface area contributed by atoms with Crippen LogP contribution in [0.3, 0.4) is 0 Å². The number of rotatable bonds is 3. The van der Waals surface area contributed by atoms with E-state index < -0.39 is 0 Å². The van der Waals surface area contributed by atoms with E-state index in [4.69, 9.17) is 0 Å². The Morgan fingerprint density at radius 3 is 2.50 bits per heavy atom. The van der Waals surface area contributed by atoms with Crippen molar-refractivity contribution < 1.29 is 0 Å². The van der Waals surface area contributed by atoms with Gasteiger partial charge < -0.3 is 15.5 Å². The molecule has 0 unspecified atom stereocenters. The summed E-state index contributed by atoms with van der Waals surface area (Å²) in [5.74, 6) is 0.768. The molecule has 1 fully saturated rings. The molecule has 3 heteroatoms. The molecule has 1 spiro atoms. The lowest BCUT2D eigenvalue weighted by Crippen LogP contribution is -2.57. The minimum Gasteiger partial charge on any atom is -0.376 e. The Balaban J connectivity index is 1.68. The second-order valence-corrected chi connectivity index (χ2v) is 8.60. The highest BCUT2D eigenvalue weighted by molar-refractivity contribution is 5.76. The number of hydrogen-bond donors (Lipinski definition) is 2. The van der Waals surface area contributed by atoms with Gasteiger partial charge in [-0.25, -0.2) is 0 Å². The number of fused-ring (bicyclic) bond motifs is 2. The highest BCUT2D eigenvalue weighted by Crippen LogP contribution is 2.41. The quantitative estimate of drug-likeness (QED) is 0.880. The van der Waals surface area contributed by atoms with Crippen molar-refractivity contribution in [2.75, 3.05) is 36.4 Å². The molecular weight excluding hydrogens is 294 g/mol. The van der Waals surface area contributed by atoms with Crippen molar-refractivity contribution in [1.82, 2.24) is 5.32 Å². The molecule has 0 amide bonds. The summed E-state index contributed by atoms with van der Waals surface area (Å²) in [7, 11) is 0. The Morgan fingerprint density at radius 1 is 1.08 bits per heavy atom. The van der Waals surface area contributed by atoms with Crippen LogP contribution in [-0.4, -0.2) is 31.7 Å². The number of aryl methyl sites for hydroxylation is 2. The average molecular weight is 328 g/mol. The third-order valence-electron chi connectivity index (χ3n) is 6.23. The van der Waals surface area contributed by atoms with Crippen LogP contribution in [0.1, 0.15) is 57.1 Å². The lowest BCUT2D eigenvalue weighted by Gasteiger charge is -2.48. The summed E-state index contributed by atoms with van der Waals surface area (Å²) in [6.07, 6.45) is 9.02. The Kier molecular flexibility index (Phi) is 4.46. The maximum atomic E-state index is 4.00. The van der Waals surface area contributed by atoms with Gasteiger partial charge in [-0.1, -0.05) is 13.8 Å². The first-order chi connectivity index (χ1) is 11.7. The van der Waals surface area contributed by atoms with Crippen LogP contribution in [0.15, 0.2) is 12.1 Å². The van der Waals surface area contributed by atoms with Gasteiger partial charge in [0, 0.05) is 13.1 Å². The van der Waals surface area contributed by atoms with E-state index in [-0.39, 0.29) is 5.54 Å². The fourth-order valence-electron chi connectivity index (χ4n) is 4.71. The van der Waals surface area contributed by atoms with E-state index >= 15 is 0 Å². The molecule has 0 atom stereocenters. The zero-order valence-electron chi connectivity index (χ0n) is 15.5. The van der Waals surface area contributed by atoms with Gasteiger partial charge in [0.2, 0.25) is 0 Å². The van der Waals surface area contributed by atoms with Crippen LogP contribution in [-0.2, 0) is 12.8 Å². The van der Waals surface area contributed by atoms with Gasteiger partial charge in [-0.3, -0.25) is 0 Å². The fraction of sp³-hybridized carbons (Fsp3) is 0.714. The van der Waals surface area contributed by atoms with Crippen LogP contribution in [0, 0.1) is 5.92 Å². The number of piperidine rings is 1. The first-order valence-corrected chi connectivity index (χ1v) is 10.0. The topological polar surface area (TPSA) is 27.3 Å². The maximum absolute atomic E-state index is 4.00. The summed E-state index contributed by atoms with van der Waals surface area (Å²) in [5.41, 5.74) is 6.37. The van der Waals surface area contributed by atoms with E-state index in [1.54, 1.807) is 11.1 Å². The van der Waals surface area contributed by atoms with Gasteiger partial charge >= 0.3 is 0 Å². The Hall–Kier alpha value is -1.22. The van der Waals surface area contributed by atoms with Gasteiger partial charge in [0.1, 0.15) is 0 Å². The third kappa shape index (κ3) is 3.15. The SMILES string of the molecule is CC(C)CCN1CC2(CCNCC2)Nc2cc3c(cc21)CCCC3. The molecule has 3 aliphatic rings. The van der Waals surface area contributed by atoms with E-state index in [1.807, 2.05) is 0 Å². The molecule has 0 bridgehead atoms. The van der Waals surface area contributed by atoms with Crippen LogP contribution >= 0.6 is 0 Å². The molecule has 0 radical (unpaired) electrons. The summed E-state index contributed by atoms with van der Waals surface area (Å²) < 4.78 is 0. The van der Waals surface area contributed by atoms with Crippen molar-refractivity contribution in [3.05, 3.63) is 23.3 Å². The highest BCUT2D eigenvalue weighted by Gasteiger charge is 2.38. The highest BCUT2D eigenvalue weighted by atomic mass is 15.2. The molecule has 24 heavy (non-hydrogen) atoms. The summed E-state index contributed by atoms with van der Waals surface area (Å²) >= 11 is 0. The molecule has 1 aromatic carbocycles. The van der Waals surface area contributed by atoms with Gasteiger partial charge in [-0.2, -0.15) is 0 Å². The van der Waals surface area contributed by atoms with E-state index in [9.17, 15) is 0 Å². The predicted molar refractivity (Wildman–Crippen MR) is 103 cm³/mol. The first kappa shape index (κ1) is 16.3. The molecule has 0 saturated carbocycles. The summed E-state index contributed by atoms with van der Waals surface area (Å²) in [6.45, 7) is 9.34. The second-order valence-electron chi connectivity index (χ2n) is 8.60. The Bertz CT molecular complexity index is 587. The largest absolute Gasteiger partial charge is 0.376 e. The van der Waals surface area contributed by atoms with Crippen LogP contribution < -0.4 is 15.5 Å². The standard InChI is InChI=1S/C21H33N3/c1-16(2)7-12-24-15-21(8-10-22-11-9-21)23-19-13-17-5-3-4-6-18(17)14-20(19)24/h13-14,16,22-23H,3-12,15H2,1-2H3. The Labute approximate surface area is 147 Å². The number of nitrogens with one attached hydrogen (secondary N) is 2. The minimum atomic E-state index is 0.276. The second kappa shape index (κ2) is 6.59. The number of anilines is 2. The Morgan fingerprint density at radius 2 is 1.79 bits per heavy atom. The lowest BCUT2D eigenvalue weighted by molar-refractivity contribution is 0.330. The molecule has 3 nitrogen and oxygen atoms in total. The summed E-state index contributed by atoms with van der Waals surface area (Å²) in [5, 5.41) is 7.54. The van der Waals surface area contributed by atoms with E-state index in [0.717, 1.165) is 19.0 Å². The van der Waals surface area contributed by atoms with Crippen molar-refractivity contribution in [3.63, 3.8) is 0 Å². The molecular formula is C21H33N3. The molecule has 0 aromatic heterocycles. The first-order valence-electron chi connectivity index (χ1n) is 10.0. The van der Waals surface area contributed by atoms with Crippen LogP contribution in [0.2, 0.25) is 0 Å². The number of nitrogens with zero attached hydrogens (tertiary/aromatic N) is 1. The number of hydrogen-bond acceptors (Lipinski definition) is 3. The average Bonchev–Trinajstić information content (AvgIpc) is 2.58. The molecule has 132 valence electrons. The van der Waals surface area contributed by atoms with Crippen LogP contribution in [0.4, 0.5) is 11.4 Å². The molecule has 1 saturated heterocycles. The fourth-order valence-corrected chi connectivity index (χ4v) is 4.71. The van der Waals surface area contributed by atoms with Crippen LogP contribution in [0.5, 0.6) is 0 Å². The third-order valence-corrected chi connectivity index (χ3v) is 6.23. The van der Waals surface area contributed by atoms with Crippen LogP contribution in [0.25, 0.3) is 0 Å². The predicted octanol–water partition coefficient (Wildman–Crippen LogP) is 3.97. The van der Waals surface area contributed by atoms with Crippen molar-refractivity contribution in [1.29, 1.82) is 0 Å². The van der Waals surface area contributed by atoms with Crippen molar-refractivity contribution in [3.8, 4) is 0 Å². The smallest absolute Gasteiger partial charge is 0.0605 e. The maximum Gasteiger partial charge on any atom is 0.0605 e. The van der Waals surface area contributed by atoms with Gasteiger partial charge in [0.05, 0.1) is 16.9 Å². The van der Waals surface area contributed by atoms with Gasteiger partial charge in [0.15, 0.2) is 0 Å². The zero-order valence-corrected chi connectivity index (χ0v) is 15.5. The van der Waals surface area contributed by atoms with Crippen molar-refractivity contribution in [2.45, 2.75) is 64.3 Å². The van der Waals surface area contributed by atoms with Crippen molar-refractivity contribution >= 4 is 11.4 Å². The molecule has 4 rings (SSSR count). The molecule has 2 heterocycles. The molecule has 2 N–H and O–H groups in total. The van der Waals surface area contributed by atoms with Gasteiger partial charge in [0.25, 0.3) is 0 Å². The van der Waals surface area contributed by atoms with Gasteiger partial charge in [-0.05, 0) is 87.2 Å². The van der Waals surface area contributed by atoms with E-state index in [0.29, 0.717) is 0 Å². The molecule has 1 aliphatic carbocycles. The number of benzene rings is 1. The summed E-state index contributed by atoms with van der Waals surface area (Å²) in [6, 6.07) is 5.01. The lowest BCUT2D eigenvalue weighted by atomic mass is 9.83. The van der Waals surface area contributed by atoms with Gasteiger partial charge in [-0.15, -0.1) is 0 Å². The zero-order chi connectivity index (χ0) is 16.6. The van der Waals surface area contributed by atoms with E-state index in [1.165, 1.54) is 69.4 Å². The monoisotopic (exact) mass is 327 g/mol. The minimum absolute atomic E-state index is 0.276.